The second-order valence-electron chi connectivity index (χ2n) is 7.27. The molecule has 0 fully saturated rings. The Morgan fingerprint density at radius 1 is 1.13 bits per heavy atom. The molecule has 0 radical (unpaired) electrons. The molecule has 1 atom stereocenters. The lowest BCUT2D eigenvalue weighted by Crippen LogP contribution is -2.50. The molecular formula is C22H29FN2O4S. The van der Waals surface area contributed by atoms with Crippen LogP contribution in [-0.2, 0) is 14.8 Å². The van der Waals surface area contributed by atoms with Gasteiger partial charge < -0.3 is 10.1 Å². The van der Waals surface area contributed by atoms with Gasteiger partial charge in [0, 0.05) is 0 Å². The highest BCUT2D eigenvalue weighted by Crippen LogP contribution is 2.26. The number of ether oxygens (including phenoxy) is 1. The Balaban J connectivity index is 2.07. The third-order valence-corrected chi connectivity index (χ3v) is 5.79. The zero-order chi connectivity index (χ0) is 22.3. The van der Waals surface area contributed by atoms with Crippen molar-refractivity contribution in [1.82, 2.24) is 5.32 Å². The molecule has 0 spiro atoms. The number of carbonyl (C=O) groups is 1. The first kappa shape index (κ1) is 23.7. The summed E-state index contributed by atoms with van der Waals surface area (Å²) < 4.78 is 45.6. The van der Waals surface area contributed by atoms with Crippen molar-refractivity contribution in [3.63, 3.8) is 0 Å². The summed E-state index contributed by atoms with van der Waals surface area (Å²) in [6.07, 6.45) is 1.14. The lowest BCUT2D eigenvalue weighted by molar-refractivity contribution is -0.122. The van der Waals surface area contributed by atoms with Crippen LogP contribution in [0.3, 0.4) is 0 Å². The second-order valence-corrected chi connectivity index (χ2v) is 9.13. The summed E-state index contributed by atoms with van der Waals surface area (Å²) >= 11 is 0. The van der Waals surface area contributed by atoms with E-state index in [0.29, 0.717) is 5.92 Å². The number of anilines is 1. The number of halogens is 1. The predicted octanol–water partition coefficient (Wildman–Crippen LogP) is 3.69. The number of nitrogens with one attached hydrogen (secondary N) is 1. The summed E-state index contributed by atoms with van der Waals surface area (Å²) in [6, 6.07) is 12.1. The highest BCUT2D eigenvalue weighted by Gasteiger charge is 2.32. The van der Waals surface area contributed by atoms with Crippen LogP contribution in [0.25, 0.3) is 0 Å². The summed E-state index contributed by atoms with van der Waals surface area (Å²) in [5, 5.41) is 2.70. The topological polar surface area (TPSA) is 75.7 Å². The van der Waals surface area contributed by atoms with Crippen LogP contribution in [0.4, 0.5) is 10.1 Å². The summed E-state index contributed by atoms with van der Waals surface area (Å²) in [5.74, 6) is -0.169. The number of hydrogen-bond donors (Lipinski definition) is 1. The van der Waals surface area contributed by atoms with Gasteiger partial charge in [0.2, 0.25) is 15.9 Å². The van der Waals surface area contributed by atoms with Gasteiger partial charge in [-0.2, -0.15) is 0 Å². The van der Waals surface area contributed by atoms with Gasteiger partial charge in [-0.15, -0.1) is 0 Å². The monoisotopic (exact) mass is 436 g/mol. The molecule has 2 rings (SSSR count). The van der Waals surface area contributed by atoms with Crippen molar-refractivity contribution in [2.45, 2.75) is 39.2 Å². The fourth-order valence-corrected chi connectivity index (χ4v) is 4.42. The molecule has 0 bridgehead atoms. The normalized spacial score (nSPS) is 12.5. The number of nitrogens with zero attached hydrogens (tertiary/aromatic N) is 1. The van der Waals surface area contributed by atoms with E-state index in [-0.39, 0.29) is 25.3 Å². The summed E-state index contributed by atoms with van der Waals surface area (Å²) in [6.45, 7) is 6.23. The van der Waals surface area contributed by atoms with Crippen molar-refractivity contribution >= 4 is 21.6 Å². The molecule has 8 heteroatoms. The van der Waals surface area contributed by atoms with Crippen LogP contribution in [0.2, 0.25) is 0 Å². The zero-order valence-corrected chi connectivity index (χ0v) is 18.6. The molecule has 2 aromatic rings. The number of benzene rings is 2. The Labute approximate surface area is 178 Å². The molecule has 1 amide bonds. The lowest BCUT2D eigenvalue weighted by atomic mass is 10.0. The Kier molecular flexibility index (Phi) is 8.23. The second kappa shape index (κ2) is 10.4. The molecule has 2 aromatic carbocycles. The van der Waals surface area contributed by atoms with Crippen LogP contribution >= 0.6 is 0 Å². The Morgan fingerprint density at radius 3 is 2.37 bits per heavy atom. The molecule has 1 unspecified atom stereocenters. The van der Waals surface area contributed by atoms with Crippen LogP contribution in [0.1, 0.15) is 38.7 Å². The average molecular weight is 437 g/mol. The van der Waals surface area contributed by atoms with Crippen molar-refractivity contribution < 1.29 is 22.3 Å². The third-order valence-electron chi connectivity index (χ3n) is 4.62. The lowest BCUT2D eigenvalue weighted by Gasteiger charge is -2.30. The quantitative estimate of drug-likeness (QED) is 0.577. The molecule has 0 aliphatic carbocycles. The largest absolute Gasteiger partial charge is 0.491 e. The molecule has 0 saturated carbocycles. The minimum absolute atomic E-state index is 0.149. The standard InChI is InChI=1S/C22H29FN2O4S/c1-5-19(25(30(4,27)28)20-12-8-7-11-18(20)23)22(26)24-14-15-29-21-13-9-6-10-17(21)16(2)3/h6-13,16,19H,5,14-15H2,1-4H3,(H,24,26). The first-order valence-corrected chi connectivity index (χ1v) is 11.7. The van der Waals surface area contributed by atoms with Gasteiger partial charge >= 0.3 is 0 Å². The van der Waals surface area contributed by atoms with E-state index in [0.717, 1.165) is 27.9 Å². The van der Waals surface area contributed by atoms with Crippen LogP contribution in [0.5, 0.6) is 5.75 Å². The summed E-state index contributed by atoms with van der Waals surface area (Å²) in [5.41, 5.74) is 0.919. The number of amides is 1. The van der Waals surface area contributed by atoms with Crippen LogP contribution in [-0.4, -0.2) is 39.8 Å². The van der Waals surface area contributed by atoms with E-state index in [2.05, 4.69) is 19.2 Å². The molecule has 0 saturated heterocycles. The molecule has 30 heavy (non-hydrogen) atoms. The number of hydrogen-bond acceptors (Lipinski definition) is 4. The molecule has 1 N–H and O–H groups in total. The fourth-order valence-electron chi connectivity index (χ4n) is 3.21. The number of carbonyl (C=O) groups excluding carboxylic acids is 1. The smallest absolute Gasteiger partial charge is 0.244 e. The zero-order valence-electron chi connectivity index (χ0n) is 17.8. The maximum atomic E-state index is 14.3. The molecule has 164 valence electrons. The Morgan fingerprint density at radius 2 is 1.77 bits per heavy atom. The van der Waals surface area contributed by atoms with Crippen LogP contribution in [0.15, 0.2) is 48.5 Å². The van der Waals surface area contributed by atoms with Crippen LogP contribution in [0, 0.1) is 5.82 Å². The van der Waals surface area contributed by atoms with Gasteiger partial charge in [0.15, 0.2) is 0 Å². The number of para-hydroxylation sites is 2. The van der Waals surface area contributed by atoms with Gasteiger partial charge in [-0.25, -0.2) is 12.8 Å². The third kappa shape index (κ3) is 5.95. The minimum Gasteiger partial charge on any atom is -0.491 e. The SMILES string of the molecule is CCC(C(=O)NCCOc1ccccc1C(C)C)N(c1ccccc1F)S(C)(=O)=O. The van der Waals surface area contributed by atoms with E-state index in [1.54, 1.807) is 6.92 Å². The molecule has 0 heterocycles. The van der Waals surface area contributed by atoms with Gasteiger partial charge in [0.25, 0.3) is 0 Å². The number of rotatable bonds is 10. The first-order chi connectivity index (χ1) is 14.2. The van der Waals surface area contributed by atoms with Crippen LogP contribution < -0.4 is 14.4 Å². The van der Waals surface area contributed by atoms with E-state index in [9.17, 15) is 17.6 Å². The van der Waals surface area contributed by atoms with Gasteiger partial charge in [0.1, 0.15) is 24.2 Å². The van der Waals surface area contributed by atoms with E-state index in [1.165, 1.54) is 18.2 Å². The maximum absolute atomic E-state index is 14.3. The average Bonchev–Trinajstić information content (AvgIpc) is 2.69. The van der Waals surface area contributed by atoms with Crippen molar-refractivity contribution in [2.24, 2.45) is 0 Å². The van der Waals surface area contributed by atoms with Gasteiger partial charge in [-0.1, -0.05) is 51.1 Å². The van der Waals surface area contributed by atoms with Crippen molar-refractivity contribution in [3.05, 3.63) is 59.9 Å². The van der Waals surface area contributed by atoms with Crippen molar-refractivity contribution in [2.75, 3.05) is 23.7 Å². The summed E-state index contributed by atoms with van der Waals surface area (Å²) in [4.78, 5) is 12.7. The van der Waals surface area contributed by atoms with Gasteiger partial charge in [-0.05, 0) is 36.1 Å². The Hall–Kier alpha value is -2.61. The molecule has 0 aliphatic rings. The van der Waals surface area contributed by atoms with E-state index in [1.807, 2.05) is 24.3 Å². The fraction of sp³-hybridized carbons (Fsp3) is 0.409. The van der Waals surface area contributed by atoms with Gasteiger partial charge in [-0.3, -0.25) is 9.10 Å². The molecule has 0 aromatic heterocycles. The highest BCUT2D eigenvalue weighted by atomic mass is 32.2. The minimum atomic E-state index is -3.88. The highest BCUT2D eigenvalue weighted by molar-refractivity contribution is 7.92. The number of sulfonamides is 1. The van der Waals surface area contributed by atoms with Gasteiger partial charge in [0.05, 0.1) is 18.5 Å². The van der Waals surface area contributed by atoms with E-state index < -0.39 is 27.8 Å². The summed E-state index contributed by atoms with van der Waals surface area (Å²) in [7, 11) is -3.88. The molecule has 6 nitrogen and oxygen atoms in total. The maximum Gasteiger partial charge on any atom is 0.244 e. The first-order valence-electron chi connectivity index (χ1n) is 9.90. The van der Waals surface area contributed by atoms with E-state index in [4.69, 9.17) is 4.74 Å². The molecule has 0 aliphatic heterocycles. The van der Waals surface area contributed by atoms with Crippen molar-refractivity contribution in [1.29, 1.82) is 0 Å². The van der Waals surface area contributed by atoms with E-state index >= 15 is 0 Å². The predicted molar refractivity (Wildman–Crippen MR) is 117 cm³/mol. The Bertz CT molecular complexity index is 963. The van der Waals surface area contributed by atoms with Crippen molar-refractivity contribution in [3.8, 4) is 5.75 Å². The molecular weight excluding hydrogens is 407 g/mol.